The molecule has 0 radical (unpaired) electrons. The number of fused-ring (bicyclic) bond motifs is 4. The number of anilines is 1. The number of hydrogen-bond donors (Lipinski definition) is 4. The summed E-state index contributed by atoms with van der Waals surface area (Å²) in [5, 5.41) is 11.2. The fraction of sp³-hybridized carbons (Fsp3) is 0.0714. The Morgan fingerprint density at radius 1 is 0.975 bits per heavy atom. The first-order valence-corrected chi connectivity index (χ1v) is 15.3. The molecule has 6 N–H and O–H groups in total. The molecule has 1 aliphatic carbocycles. The van der Waals surface area contributed by atoms with Crippen molar-refractivity contribution in [1.29, 1.82) is 0 Å². The van der Waals surface area contributed by atoms with Crippen molar-refractivity contribution in [3.05, 3.63) is 102 Å². The smallest absolute Gasteiger partial charge is 0.320 e. The van der Waals surface area contributed by atoms with Gasteiger partial charge in [0.15, 0.2) is 5.69 Å². The number of carbonyl (C=O) groups is 1. The van der Waals surface area contributed by atoms with Gasteiger partial charge in [0.1, 0.15) is 0 Å². The van der Waals surface area contributed by atoms with Gasteiger partial charge in [-0.05, 0) is 58.3 Å². The summed E-state index contributed by atoms with van der Waals surface area (Å²) < 4.78 is 52.7. The maximum Gasteiger partial charge on any atom is 0.320 e. The highest BCUT2D eigenvalue weighted by Gasteiger charge is 2.30. The zero-order chi connectivity index (χ0) is 28.2. The van der Waals surface area contributed by atoms with Crippen LogP contribution >= 0.6 is 0 Å². The molecule has 0 bridgehead atoms. The summed E-state index contributed by atoms with van der Waals surface area (Å²) in [5.41, 5.74) is 9.47. The number of benzene rings is 4. The van der Waals surface area contributed by atoms with Crippen LogP contribution in [0.2, 0.25) is 0 Å². The number of aryl methyl sites for hydroxylation is 1. The maximum absolute atomic E-state index is 13.5. The minimum absolute atomic E-state index is 0.0397. The lowest BCUT2D eigenvalue weighted by molar-refractivity contribution is 0.0994. The molecule has 10 nitrogen and oxygen atoms in total. The lowest BCUT2D eigenvalue weighted by atomic mass is 9.88. The summed E-state index contributed by atoms with van der Waals surface area (Å²) in [6.07, 6.45) is 1.11. The van der Waals surface area contributed by atoms with E-state index >= 15 is 0 Å². The number of rotatable bonds is 6. The van der Waals surface area contributed by atoms with E-state index in [1.54, 1.807) is 48.5 Å². The molecule has 40 heavy (non-hydrogen) atoms. The number of carbonyl (C=O) groups excluding carboxylic acids is 1. The number of hydrogen-bond acceptors (Lipinski definition) is 5. The monoisotopic (exact) mass is 574 g/mol. The zero-order valence-corrected chi connectivity index (χ0v) is 22.6. The molecule has 5 aromatic rings. The van der Waals surface area contributed by atoms with Gasteiger partial charge in [0.05, 0.1) is 16.3 Å². The zero-order valence-electron chi connectivity index (χ0n) is 20.9. The normalized spacial score (nSPS) is 14.2. The molecule has 1 aliphatic rings. The van der Waals surface area contributed by atoms with Crippen LogP contribution in [0.5, 0.6) is 0 Å². The van der Waals surface area contributed by atoms with Crippen LogP contribution < -0.4 is 15.6 Å². The number of aromatic nitrogens is 2. The van der Waals surface area contributed by atoms with Crippen molar-refractivity contribution in [2.24, 2.45) is 10.9 Å². The summed E-state index contributed by atoms with van der Waals surface area (Å²) in [4.78, 5) is 12.5. The second-order valence-corrected chi connectivity index (χ2v) is 12.7. The van der Waals surface area contributed by atoms with Crippen LogP contribution in [0.1, 0.15) is 21.6 Å². The SMILES string of the molecule is NC(=O)c1nn(-c2ccc([S+](N)(=O)O)cc2)c2c1CCc1ccc(NS(=O)(=O)c3cccc4ccccc34)cc1-2. The predicted octanol–water partition coefficient (Wildman–Crippen LogP) is 3.90. The van der Waals surface area contributed by atoms with E-state index in [0.717, 1.165) is 10.9 Å². The van der Waals surface area contributed by atoms with Crippen LogP contribution in [0.4, 0.5) is 5.69 Å². The van der Waals surface area contributed by atoms with Gasteiger partial charge < -0.3 is 5.73 Å². The minimum Gasteiger partial charge on any atom is -0.364 e. The lowest BCUT2D eigenvalue weighted by Gasteiger charge is -2.20. The van der Waals surface area contributed by atoms with E-state index in [1.165, 1.54) is 16.8 Å². The van der Waals surface area contributed by atoms with Crippen LogP contribution in [-0.4, -0.2) is 28.7 Å². The second-order valence-electron chi connectivity index (χ2n) is 9.47. The molecule has 6 rings (SSSR count). The van der Waals surface area contributed by atoms with Crippen LogP contribution in [0.15, 0.2) is 94.7 Å². The molecule has 1 unspecified atom stereocenters. The van der Waals surface area contributed by atoms with Gasteiger partial charge in [0.2, 0.25) is 4.90 Å². The number of nitrogens with two attached hydrogens (primary N) is 2. The summed E-state index contributed by atoms with van der Waals surface area (Å²) in [6.45, 7) is 0. The van der Waals surface area contributed by atoms with Crippen LogP contribution in [0.25, 0.3) is 27.7 Å². The van der Waals surface area contributed by atoms with Crippen molar-refractivity contribution in [3.63, 3.8) is 0 Å². The van der Waals surface area contributed by atoms with Gasteiger partial charge >= 0.3 is 10.4 Å². The fourth-order valence-electron chi connectivity index (χ4n) is 5.11. The molecule has 0 fully saturated rings. The molecule has 202 valence electrons. The summed E-state index contributed by atoms with van der Waals surface area (Å²) in [5.74, 6) is -0.691. The quantitative estimate of drug-likeness (QED) is 0.224. The Morgan fingerprint density at radius 3 is 2.42 bits per heavy atom. The highest BCUT2D eigenvalue weighted by molar-refractivity contribution is 7.95. The number of nitrogens with zero attached hydrogens (tertiary/aromatic N) is 2. The van der Waals surface area contributed by atoms with E-state index in [9.17, 15) is 22.0 Å². The standard InChI is InChI=1S/C28H23N5O5S2/c29-28(34)26-23-15-9-18-8-10-19(32-40(37,38)25-7-3-5-17-4-1-2-6-22(17)25)16-24(18)27(23)33(31-26)20-11-13-21(14-12-20)39(30,35)36/h1-8,10-14,16,32H,9,15H2,(H4-,29,30,34,35,36)/p+1. The van der Waals surface area contributed by atoms with E-state index in [-0.39, 0.29) is 15.5 Å². The van der Waals surface area contributed by atoms with Gasteiger partial charge in [0.25, 0.3) is 15.9 Å². The summed E-state index contributed by atoms with van der Waals surface area (Å²) >= 11 is 0. The van der Waals surface area contributed by atoms with Gasteiger partial charge in [-0.1, -0.05) is 42.5 Å². The topological polar surface area (TPSA) is 170 Å². The first-order valence-electron chi connectivity index (χ1n) is 12.2. The van der Waals surface area contributed by atoms with E-state index in [1.807, 2.05) is 24.3 Å². The van der Waals surface area contributed by atoms with Gasteiger partial charge in [-0.3, -0.25) is 9.52 Å². The van der Waals surface area contributed by atoms with Crippen LogP contribution in [0.3, 0.4) is 0 Å². The number of amides is 1. The van der Waals surface area contributed by atoms with Crippen molar-refractivity contribution in [2.45, 2.75) is 22.6 Å². The molecule has 0 saturated heterocycles. The van der Waals surface area contributed by atoms with E-state index < -0.39 is 26.3 Å². The van der Waals surface area contributed by atoms with Crippen LogP contribution in [0, 0.1) is 0 Å². The van der Waals surface area contributed by atoms with E-state index in [0.29, 0.717) is 46.4 Å². The van der Waals surface area contributed by atoms with Crippen molar-refractivity contribution < 1.29 is 22.0 Å². The molecule has 0 aliphatic heterocycles. The largest absolute Gasteiger partial charge is 0.364 e. The Morgan fingerprint density at radius 2 is 1.70 bits per heavy atom. The van der Waals surface area contributed by atoms with Crippen LogP contribution in [-0.2, 0) is 37.5 Å². The van der Waals surface area contributed by atoms with Gasteiger partial charge in [-0.15, -0.1) is 5.14 Å². The number of primary amides is 1. The Kier molecular flexibility index (Phi) is 6.07. The first kappa shape index (κ1) is 25.9. The summed E-state index contributed by atoms with van der Waals surface area (Å²) in [7, 11) is -7.60. The third-order valence-electron chi connectivity index (χ3n) is 6.94. The molecule has 1 aromatic heterocycles. The number of nitrogens with one attached hydrogen (secondary N) is 1. The molecular formula is C28H24N5O5S2+. The molecule has 1 amide bonds. The van der Waals surface area contributed by atoms with Gasteiger partial charge in [0, 0.05) is 34.3 Å². The average molecular weight is 575 g/mol. The van der Waals surface area contributed by atoms with Crippen molar-refractivity contribution in [2.75, 3.05) is 4.72 Å². The van der Waals surface area contributed by atoms with Crippen molar-refractivity contribution in [3.8, 4) is 16.9 Å². The Hall–Kier alpha value is -4.36. The fourth-order valence-corrected chi connectivity index (χ4v) is 6.92. The maximum atomic E-state index is 13.5. The van der Waals surface area contributed by atoms with E-state index in [2.05, 4.69) is 9.82 Å². The Balaban J connectivity index is 1.46. The molecule has 0 spiro atoms. The van der Waals surface area contributed by atoms with Gasteiger partial charge in [-0.25, -0.2) is 13.1 Å². The molecule has 1 heterocycles. The first-order chi connectivity index (χ1) is 19.0. The highest BCUT2D eigenvalue weighted by Crippen LogP contribution is 2.39. The van der Waals surface area contributed by atoms with E-state index in [4.69, 9.17) is 10.9 Å². The third kappa shape index (κ3) is 4.46. The Bertz CT molecular complexity index is 1970. The van der Waals surface area contributed by atoms with Gasteiger partial charge in [-0.2, -0.15) is 9.65 Å². The second kappa shape index (κ2) is 9.38. The lowest BCUT2D eigenvalue weighted by Crippen LogP contribution is -2.20. The Labute approximate surface area is 231 Å². The minimum atomic E-state index is -3.94. The highest BCUT2D eigenvalue weighted by atomic mass is 32.3. The average Bonchev–Trinajstić information content (AvgIpc) is 3.33. The molecule has 1 atom stereocenters. The van der Waals surface area contributed by atoms with Crippen molar-refractivity contribution in [1.82, 2.24) is 9.78 Å². The molecule has 0 saturated carbocycles. The molecular weight excluding hydrogens is 550 g/mol. The molecule has 4 aromatic carbocycles. The third-order valence-corrected chi connectivity index (χ3v) is 9.32. The molecule has 12 heteroatoms. The summed E-state index contributed by atoms with van der Waals surface area (Å²) in [6, 6.07) is 23.6. The van der Waals surface area contributed by atoms with Crippen molar-refractivity contribution >= 4 is 42.8 Å². The number of sulfonamides is 1. The predicted molar refractivity (Wildman–Crippen MR) is 153 cm³/mol.